The van der Waals surface area contributed by atoms with Crippen LogP contribution < -0.4 is 9.61 Å². The highest BCUT2D eigenvalue weighted by atomic mass is 32.1. The topological polar surface area (TPSA) is 68.5 Å². The first-order chi connectivity index (χ1) is 7.61. The summed E-state index contributed by atoms with van der Waals surface area (Å²) in [5.41, 5.74) is 0.594. The van der Waals surface area contributed by atoms with E-state index in [-0.39, 0.29) is 11.4 Å². The Morgan fingerprint density at radius 1 is 1.56 bits per heavy atom. The predicted octanol–water partition coefficient (Wildman–Crippen LogP) is 1.16. The molecular formula is C10H9NO4S. The van der Waals surface area contributed by atoms with Crippen LogP contribution in [0.15, 0.2) is 23.0 Å². The van der Waals surface area contributed by atoms with E-state index < -0.39 is 5.97 Å². The monoisotopic (exact) mass is 239 g/mol. The van der Waals surface area contributed by atoms with Crippen molar-refractivity contribution in [3.05, 3.63) is 27.9 Å². The number of hydrogen-bond donors (Lipinski definition) is 1. The fourth-order valence-electron chi connectivity index (χ4n) is 1.45. The molecule has 16 heavy (non-hydrogen) atoms. The number of carboxylic acids is 1. The first-order valence-electron chi connectivity index (χ1n) is 4.51. The van der Waals surface area contributed by atoms with Gasteiger partial charge in [0.25, 0.3) is 0 Å². The van der Waals surface area contributed by atoms with Crippen LogP contribution in [-0.2, 0) is 11.3 Å². The summed E-state index contributed by atoms with van der Waals surface area (Å²) in [6.45, 7) is -0.327. The van der Waals surface area contributed by atoms with Gasteiger partial charge in [-0.1, -0.05) is 11.3 Å². The maximum absolute atomic E-state index is 11.6. The Labute approximate surface area is 94.5 Å². The third-order valence-electron chi connectivity index (χ3n) is 2.17. The van der Waals surface area contributed by atoms with Crippen LogP contribution in [0.5, 0.6) is 5.75 Å². The van der Waals surface area contributed by atoms with Crippen molar-refractivity contribution in [1.29, 1.82) is 0 Å². The molecule has 2 aromatic rings. The van der Waals surface area contributed by atoms with Gasteiger partial charge in [-0.3, -0.25) is 14.2 Å². The lowest BCUT2D eigenvalue weighted by Gasteiger charge is -2.01. The molecule has 0 bridgehead atoms. The standard InChI is InChI=1S/C10H9NO4S/c1-15-6-2-3-8-7(4-6)11(5-9(12)13)10(14)16-8/h2-4H,5H2,1H3,(H,12,13). The Bertz CT molecular complexity index is 598. The molecule has 0 fully saturated rings. The lowest BCUT2D eigenvalue weighted by Crippen LogP contribution is -2.18. The summed E-state index contributed by atoms with van der Waals surface area (Å²) in [4.78, 5) is 21.9. The van der Waals surface area contributed by atoms with Gasteiger partial charge in [0.2, 0.25) is 0 Å². The van der Waals surface area contributed by atoms with Crippen molar-refractivity contribution in [2.24, 2.45) is 0 Å². The number of aliphatic carboxylic acids is 1. The van der Waals surface area contributed by atoms with E-state index in [0.29, 0.717) is 11.3 Å². The molecule has 0 saturated heterocycles. The van der Waals surface area contributed by atoms with Gasteiger partial charge in [0.15, 0.2) is 0 Å². The Balaban J connectivity index is 2.65. The van der Waals surface area contributed by atoms with Crippen molar-refractivity contribution >= 4 is 27.5 Å². The highest BCUT2D eigenvalue weighted by molar-refractivity contribution is 7.16. The number of rotatable bonds is 3. The summed E-state index contributed by atoms with van der Waals surface area (Å²) in [6, 6.07) is 5.15. The van der Waals surface area contributed by atoms with E-state index >= 15 is 0 Å². The maximum atomic E-state index is 11.6. The highest BCUT2D eigenvalue weighted by Crippen LogP contribution is 2.22. The molecule has 1 N–H and O–H groups in total. The molecule has 84 valence electrons. The van der Waals surface area contributed by atoms with E-state index in [1.54, 1.807) is 18.2 Å². The van der Waals surface area contributed by atoms with E-state index in [0.717, 1.165) is 16.0 Å². The van der Waals surface area contributed by atoms with Crippen molar-refractivity contribution in [2.75, 3.05) is 7.11 Å². The van der Waals surface area contributed by atoms with Gasteiger partial charge in [0.05, 0.1) is 17.3 Å². The van der Waals surface area contributed by atoms with Gasteiger partial charge < -0.3 is 9.84 Å². The fourth-order valence-corrected chi connectivity index (χ4v) is 2.32. The number of nitrogens with zero attached hydrogens (tertiary/aromatic N) is 1. The second-order valence-electron chi connectivity index (χ2n) is 3.18. The van der Waals surface area contributed by atoms with Crippen LogP contribution in [0.4, 0.5) is 0 Å². The normalized spacial score (nSPS) is 10.6. The zero-order chi connectivity index (χ0) is 11.7. The molecule has 0 radical (unpaired) electrons. The molecule has 2 rings (SSSR count). The molecule has 0 aliphatic rings. The van der Waals surface area contributed by atoms with Crippen LogP contribution in [0, 0.1) is 0 Å². The zero-order valence-corrected chi connectivity index (χ0v) is 9.28. The van der Waals surface area contributed by atoms with Crippen molar-refractivity contribution in [2.45, 2.75) is 6.54 Å². The van der Waals surface area contributed by atoms with Crippen LogP contribution in [0.3, 0.4) is 0 Å². The number of ether oxygens (including phenoxy) is 1. The third kappa shape index (κ3) is 1.79. The molecule has 0 atom stereocenters. The number of aromatic nitrogens is 1. The van der Waals surface area contributed by atoms with Crippen LogP contribution in [0.1, 0.15) is 0 Å². The van der Waals surface area contributed by atoms with Gasteiger partial charge in [-0.05, 0) is 12.1 Å². The number of hydrogen-bond acceptors (Lipinski definition) is 4. The van der Waals surface area contributed by atoms with Gasteiger partial charge in [0.1, 0.15) is 12.3 Å². The lowest BCUT2D eigenvalue weighted by molar-refractivity contribution is -0.137. The van der Waals surface area contributed by atoms with Crippen molar-refractivity contribution < 1.29 is 14.6 Å². The second kappa shape index (κ2) is 3.97. The van der Waals surface area contributed by atoms with E-state index in [9.17, 15) is 9.59 Å². The van der Waals surface area contributed by atoms with Gasteiger partial charge in [-0.25, -0.2) is 0 Å². The lowest BCUT2D eigenvalue weighted by atomic mass is 10.3. The minimum absolute atomic E-state index is 0.273. The number of fused-ring (bicyclic) bond motifs is 1. The molecule has 0 saturated carbocycles. The Morgan fingerprint density at radius 3 is 2.94 bits per heavy atom. The summed E-state index contributed by atoms with van der Waals surface area (Å²) >= 11 is 1.03. The summed E-state index contributed by atoms with van der Waals surface area (Å²) in [7, 11) is 1.52. The maximum Gasteiger partial charge on any atom is 0.323 e. The number of thiazole rings is 1. The molecule has 1 aromatic heterocycles. The number of carboxylic acid groups (broad SMARTS) is 1. The van der Waals surface area contributed by atoms with Gasteiger partial charge in [-0.15, -0.1) is 0 Å². The third-order valence-corrected chi connectivity index (χ3v) is 3.13. The average molecular weight is 239 g/mol. The first-order valence-corrected chi connectivity index (χ1v) is 5.32. The average Bonchev–Trinajstić information content (AvgIpc) is 2.54. The first kappa shape index (κ1) is 10.7. The largest absolute Gasteiger partial charge is 0.497 e. The molecule has 0 amide bonds. The van der Waals surface area contributed by atoms with Gasteiger partial charge in [-0.2, -0.15) is 0 Å². The van der Waals surface area contributed by atoms with Gasteiger partial charge >= 0.3 is 10.8 Å². The minimum atomic E-state index is -1.04. The molecule has 0 unspecified atom stereocenters. The highest BCUT2D eigenvalue weighted by Gasteiger charge is 2.10. The molecule has 1 heterocycles. The number of methoxy groups -OCH3 is 1. The van der Waals surface area contributed by atoms with Crippen LogP contribution in [0.25, 0.3) is 10.2 Å². The Morgan fingerprint density at radius 2 is 2.31 bits per heavy atom. The molecule has 5 nitrogen and oxygen atoms in total. The minimum Gasteiger partial charge on any atom is -0.497 e. The molecule has 0 aliphatic carbocycles. The number of carbonyl (C=O) groups is 1. The molecule has 0 aliphatic heterocycles. The van der Waals surface area contributed by atoms with E-state index in [1.807, 2.05) is 0 Å². The SMILES string of the molecule is COc1ccc2sc(=O)n(CC(=O)O)c2c1. The summed E-state index contributed by atoms with van der Waals surface area (Å²) in [6.07, 6.45) is 0. The second-order valence-corrected chi connectivity index (χ2v) is 4.17. The fraction of sp³-hybridized carbons (Fsp3) is 0.200. The number of benzene rings is 1. The smallest absolute Gasteiger partial charge is 0.323 e. The van der Waals surface area contributed by atoms with E-state index in [4.69, 9.17) is 9.84 Å². The van der Waals surface area contributed by atoms with Crippen LogP contribution in [0.2, 0.25) is 0 Å². The zero-order valence-electron chi connectivity index (χ0n) is 8.47. The van der Waals surface area contributed by atoms with Crippen molar-refractivity contribution in [3.63, 3.8) is 0 Å². The van der Waals surface area contributed by atoms with Crippen LogP contribution in [-0.4, -0.2) is 22.8 Å². The molecule has 0 spiro atoms. The Kier molecular flexibility index (Phi) is 2.66. The molecule has 6 heteroatoms. The molecular weight excluding hydrogens is 230 g/mol. The quantitative estimate of drug-likeness (QED) is 0.872. The summed E-state index contributed by atoms with van der Waals surface area (Å²) in [5.74, 6) is -0.436. The van der Waals surface area contributed by atoms with Crippen molar-refractivity contribution in [1.82, 2.24) is 4.57 Å². The predicted molar refractivity (Wildman–Crippen MR) is 60.3 cm³/mol. The van der Waals surface area contributed by atoms with E-state index in [2.05, 4.69) is 0 Å². The van der Waals surface area contributed by atoms with Crippen molar-refractivity contribution in [3.8, 4) is 5.75 Å². The van der Waals surface area contributed by atoms with Crippen LogP contribution >= 0.6 is 11.3 Å². The Hall–Kier alpha value is -1.82. The van der Waals surface area contributed by atoms with E-state index in [1.165, 1.54) is 11.7 Å². The molecule has 1 aromatic carbocycles. The summed E-state index contributed by atoms with van der Waals surface area (Å²) < 4.78 is 7.02. The summed E-state index contributed by atoms with van der Waals surface area (Å²) in [5, 5.41) is 8.71. The van der Waals surface area contributed by atoms with Gasteiger partial charge in [0, 0.05) is 6.07 Å².